The number of hydrogen-bond donors (Lipinski definition) is 1. The highest BCUT2D eigenvalue weighted by Crippen LogP contribution is 2.16. The molecule has 0 aliphatic heterocycles. The molecule has 0 aromatic carbocycles. The van der Waals surface area contributed by atoms with Gasteiger partial charge in [0.05, 0.1) is 15.4 Å². The number of hydrogen-bond acceptors (Lipinski definition) is 4. The summed E-state index contributed by atoms with van der Waals surface area (Å²) in [7, 11) is 0. The first-order chi connectivity index (χ1) is 5.41. The number of carbonyl (C=O) groups excluding carboxylic acids is 1. The van der Waals surface area contributed by atoms with Gasteiger partial charge >= 0.3 is 0 Å². The Morgan fingerprint density at radius 1 is 1.67 bits per heavy atom. The fourth-order valence-corrected chi connectivity index (χ4v) is 1.67. The van der Waals surface area contributed by atoms with E-state index in [0.29, 0.717) is 4.88 Å². The molecule has 66 valence electrons. The smallest absolute Gasteiger partial charge is 0.193 e. The Hall–Kier alpha value is -0.740. The van der Waals surface area contributed by atoms with Crippen LogP contribution in [-0.4, -0.2) is 16.3 Å². The molecule has 1 rings (SSSR count). The SMILES string of the molecule is Cc1ncc(C(=O)C(C)(C)N)s1. The second-order valence-corrected chi connectivity index (χ2v) is 4.53. The number of aryl methyl sites for hydroxylation is 1. The highest BCUT2D eigenvalue weighted by atomic mass is 32.1. The molecule has 3 nitrogen and oxygen atoms in total. The van der Waals surface area contributed by atoms with Crippen molar-refractivity contribution in [1.82, 2.24) is 4.98 Å². The second kappa shape index (κ2) is 2.95. The minimum absolute atomic E-state index is 0.0481. The standard InChI is InChI=1S/C8H12N2OS/c1-5-10-4-6(12-5)7(11)8(2,3)9/h4H,9H2,1-3H3. The molecule has 0 bridgehead atoms. The molecule has 2 N–H and O–H groups in total. The highest BCUT2D eigenvalue weighted by Gasteiger charge is 2.24. The Labute approximate surface area is 75.6 Å². The first-order valence-corrected chi connectivity index (χ1v) is 4.49. The topological polar surface area (TPSA) is 56.0 Å². The predicted molar refractivity (Wildman–Crippen MR) is 49.4 cm³/mol. The molecule has 12 heavy (non-hydrogen) atoms. The van der Waals surface area contributed by atoms with Crippen LogP contribution < -0.4 is 5.73 Å². The third kappa shape index (κ3) is 1.89. The van der Waals surface area contributed by atoms with E-state index >= 15 is 0 Å². The van der Waals surface area contributed by atoms with E-state index in [4.69, 9.17) is 5.73 Å². The zero-order chi connectivity index (χ0) is 9.35. The Bertz CT molecular complexity index is 298. The summed E-state index contributed by atoms with van der Waals surface area (Å²) in [5.74, 6) is -0.0481. The van der Waals surface area contributed by atoms with Gasteiger partial charge in [0.25, 0.3) is 0 Å². The van der Waals surface area contributed by atoms with Crippen LogP contribution in [0.4, 0.5) is 0 Å². The van der Waals surface area contributed by atoms with Crippen LogP contribution in [0.3, 0.4) is 0 Å². The summed E-state index contributed by atoms with van der Waals surface area (Å²) < 4.78 is 0. The van der Waals surface area contributed by atoms with Crippen LogP contribution in [0.1, 0.15) is 28.5 Å². The van der Waals surface area contributed by atoms with E-state index in [1.807, 2.05) is 6.92 Å². The lowest BCUT2D eigenvalue weighted by molar-refractivity contribution is 0.0917. The summed E-state index contributed by atoms with van der Waals surface area (Å²) in [5, 5.41) is 0.891. The zero-order valence-electron chi connectivity index (χ0n) is 7.42. The van der Waals surface area contributed by atoms with Gasteiger partial charge < -0.3 is 5.73 Å². The molecule has 0 saturated heterocycles. The zero-order valence-corrected chi connectivity index (χ0v) is 8.23. The first kappa shape index (κ1) is 9.35. The molecule has 0 aliphatic rings. The third-order valence-corrected chi connectivity index (χ3v) is 2.34. The van der Waals surface area contributed by atoms with E-state index in [1.54, 1.807) is 20.0 Å². The second-order valence-electron chi connectivity index (χ2n) is 3.29. The summed E-state index contributed by atoms with van der Waals surface area (Å²) in [5.41, 5.74) is 4.86. The van der Waals surface area contributed by atoms with Crippen LogP contribution in [0.25, 0.3) is 0 Å². The maximum atomic E-state index is 11.5. The fraction of sp³-hybridized carbons (Fsp3) is 0.500. The van der Waals surface area contributed by atoms with Crippen LogP contribution in [0.15, 0.2) is 6.20 Å². The molecule has 4 heteroatoms. The average Bonchev–Trinajstić information content (AvgIpc) is 2.32. The van der Waals surface area contributed by atoms with Gasteiger partial charge in [0.1, 0.15) is 0 Å². The molecule has 1 heterocycles. The monoisotopic (exact) mass is 184 g/mol. The molecule has 0 atom stereocenters. The molecule has 0 aliphatic carbocycles. The molecule has 0 amide bonds. The molecule has 0 saturated carbocycles. The quantitative estimate of drug-likeness (QED) is 0.706. The number of rotatable bonds is 2. The Morgan fingerprint density at radius 2 is 2.25 bits per heavy atom. The molecular weight excluding hydrogens is 172 g/mol. The Kier molecular flexibility index (Phi) is 2.30. The number of nitrogens with zero attached hydrogens (tertiary/aromatic N) is 1. The maximum Gasteiger partial charge on any atom is 0.193 e. The van der Waals surface area contributed by atoms with E-state index in [2.05, 4.69) is 4.98 Å². The fourth-order valence-electron chi connectivity index (χ4n) is 0.784. The van der Waals surface area contributed by atoms with E-state index in [1.165, 1.54) is 11.3 Å². The Balaban J connectivity index is 2.93. The number of ketones is 1. The largest absolute Gasteiger partial charge is 0.319 e. The summed E-state index contributed by atoms with van der Waals surface area (Å²) in [6, 6.07) is 0. The maximum absolute atomic E-state index is 11.5. The normalized spacial score (nSPS) is 11.7. The lowest BCUT2D eigenvalue weighted by Gasteiger charge is -2.14. The van der Waals surface area contributed by atoms with Crippen LogP contribution in [0, 0.1) is 6.92 Å². The van der Waals surface area contributed by atoms with Crippen molar-refractivity contribution in [3.63, 3.8) is 0 Å². The van der Waals surface area contributed by atoms with Crippen LogP contribution in [-0.2, 0) is 0 Å². The van der Waals surface area contributed by atoms with Crippen molar-refractivity contribution in [2.75, 3.05) is 0 Å². The summed E-state index contributed by atoms with van der Waals surface area (Å²) in [6.45, 7) is 5.26. The van der Waals surface area contributed by atoms with Crippen LogP contribution >= 0.6 is 11.3 Å². The van der Waals surface area contributed by atoms with Gasteiger partial charge in [0.2, 0.25) is 0 Å². The molecule has 1 aromatic rings. The number of thiazole rings is 1. The average molecular weight is 184 g/mol. The van der Waals surface area contributed by atoms with Gasteiger partial charge in [-0.15, -0.1) is 11.3 Å². The highest BCUT2D eigenvalue weighted by molar-refractivity contribution is 7.13. The number of carbonyl (C=O) groups is 1. The minimum Gasteiger partial charge on any atom is -0.319 e. The van der Waals surface area contributed by atoms with Gasteiger partial charge in [-0.1, -0.05) is 0 Å². The molecule has 0 fully saturated rings. The van der Waals surface area contributed by atoms with Crippen LogP contribution in [0.2, 0.25) is 0 Å². The summed E-state index contributed by atoms with van der Waals surface area (Å²) in [6.07, 6.45) is 1.58. The predicted octanol–water partition coefficient (Wildman–Crippen LogP) is 1.37. The lowest BCUT2D eigenvalue weighted by atomic mass is 10.0. The van der Waals surface area contributed by atoms with Gasteiger partial charge in [-0.3, -0.25) is 4.79 Å². The van der Waals surface area contributed by atoms with Crippen molar-refractivity contribution >= 4 is 17.1 Å². The van der Waals surface area contributed by atoms with Crippen molar-refractivity contribution in [3.05, 3.63) is 16.1 Å². The number of nitrogens with two attached hydrogens (primary N) is 1. The van der Waals surface area contributed by atoms with E-state index in [-0.39, 0.29) is 5.78 Å². The van der Waals surface area contributed by atoms with E-state index in [9.17, 15) is 4.79 Å². The van der Waals surface area contributed by atoms with Crippen molar-refractivity contribution in [3.8, 4) is 0 Å². The van der Waals surface area contributed by atoms with Crippen molar-refractivity contribution in [1.29, 1.82) is 0 Å². The van der Waals surface area contributed by atoms with Gasteiger partial charge in [-0.05, 0) is 20.8 Å². The van der Waals surface area contributed by atoms with E-state index in [0.717, 1.165) is 5.01 Å². The molecule has 0 unspecified atom stereocenters. The minimum atomic E-state index is -0.793. The van der Waals surface area contributed by atoms with Crippen molar-refractivity contribution in [2.24, 2.45) is 5.73 Å². The van der Waals surface area contributed by atoms with Crippen molar-refractivity contribution in [2.45, 2.75) is 26.3 Å². The molecule has 0 radical (unpaired) electrons. The van der Waals surface area contributed by atoms with E-state index < -0.39 is 5.54 Å². The summed E-state index contributed by atoms with van der Waals surface area (Å²) in [4.78, 5) is 16.2. The van der Waals surface area contributed by atoms with Gasteiger partial charge in [-0.25, -0.2) is 4.98 Å². The first-order valence-electron chi connectivity index (χ1n) is 3.67. The molecule has 0 spiro atoms. The number of aromatic nitrogens is 1. The number of Topliss-reactive ketones (excluding diaryl/α,β-unsaturated/α-hetero) is 1. The van der Waals surface area contributed by atoms with Crippen LogP contribution in [0.5, 0.6) is 0 Å². The lowest BCUT2D eigenvalue weighted by Crippen LogP contribution is -2.41. The van der Waals surface area contributed by atoms with Gasteiger partial charge in [0.15, 0.2) is 5.78 Å². The summed E-state index contributed by atoms with van der Waals surface area (Å²) >= 11 is 1.38. The molecule has 1 aromatic heterocycles. The van der Waals surface area contributed by atoms with Gasteiger partial charge in [-0.2, -0.15) is 0 Å². The van der Waals surface area contributed by atoms with Gasteiger partial charge in [0, 0.05) is 6.20 Å². The van der Waals surface area contributed by atoms with Crippen molar-refractivity contribution < 1.29 is 4.79 Å². The third-order valence-electron chi connectivity index (χ3n) is 1.43. The Morgan fingerprint density at radius 3 is 2.58 bits per heavy atom. The molecular formula is C8H12N2OS.